The van der Waals surface area contributed by atoms with E-state index in [9.17, 15) is 13.2 Å². The molecule has 3 rings (SSSR count). The van der Waals surface area contributed by atoms with Gasteiger partial charge in [0.2, 0.25) is 0 Å². The number of nitrogen functional groups attached to an aromatic ring is 1. The van der Waals surface area contributed by atoms with E-state index in [2.05, 4.69) is 20.4 Å². The molecule has 0 unspecified atom stereocenters. The fraction of sp³-hybridized carbons (Fsp3) is 0.750. The van der Waals surface area contributed by atoms with E-state index in [0.29, 0.717) is 45.0 Å². The van der Waals surface area contributed by atoms with Gasteiger partial charge in [0.05, 0.1) is 37.6 Å². The minimum atomic E-state index is -4.17. The molecule has 0 saturated carbocycles. The molecule has 2 saturated heterocycles. The second-order valence-corrected chi connectivity index (χ2v) is 6.76. The van der Waals surface area contributed by atoms with E-state index in [4.69, 9.17) is 10.6 Å². The van der Waals surface area contributed by atoms with Gasteiger partial charge in [-0.05, 0) is 12.8 Å². The number of hydrazine groups is 1. The van der Waals surface area contributed by atoms with Crippen molar-refractivity contribution in [3.63, 3.8) is 0 Å². The summed E-state index contributed by atoms with van der Waals surface area (Å²) in [6.45, 7) is 2.63. The standard InChI is InChI=1S/C16H26F3N7O/c1-21-14(25-6-8-27-9-7-25)13-10-22-26(15(13)23-20)12-2-4-24(5-3-12)11-16(17,18)19/h10,12,23H,2-9,11,20H2,1H3. The maximum Gasteiger partial charge on any atom is 0.401 e. The molecule has 0 amide bonds. The summed E-state index contributed by atoms with van der Waals surface area (Å²) < 4.78 is 44.9. The van der Waals surface area contributed by atoms with Crippen molar-refractivity contribution >= 4 is 11.7 Å². The molecule has 152 valence electrons. The zero-order valence-corrected chi connectivity index (χ0v) is 15.4. The second kappa shape index (κ2) is 8.44. The van der Waals surface area contributed by atoms with Crippen LogP contribution in [0.3, 0.4) is 0 Å². The first-order valence-corrected chi connectivity index (χ1v) is 9.06. The average Bonchev–Trinajstić information content (AvgIpc) is 3.06. The van der Waals surface area contributed by atoms with Crippen LogP contribution in [0.15, 0.2) is 11.2 Å². The predicted molar refractivity (Wildman–Crippen MR) is 95.7 cm³/mol. The van der Waals surface area contributed by atoms with E-state index in [-0.39, 0.29) is 6.04 Å². The van der Waals surface area contributed by atoms with Crippen LogP contribution in [0.4, 0.5) is 19.0 Å². The molecule has 2 aliphatic rings. The summed E-state index contributed by atoms with van der Waals surface area (Å²) in [6, 6.07) is -0.00270. The normalized spacial score (nSPS) is 20.9. The van der Waals surface area contributed by atoms with Crippen molar-refractivity contribution in [2.75, 3.05) is 58.4 Å². The minimum Gasteiger partial charge on any atom is -0.378 e. The monoisotopic (exact) mass is 389 g/mol. The number of hydrogen-bond acceptors (Lipinski definition) is 6. The zero-order chi connectivity index (χ0) is 19.4. The Morgan fingerprint density at radius 1 is 1.30 bits per heavy atom. The van der Waals surface area contributed by atoms with Crippen molar-refractivity contribution < 1.29 is 17.9 Å². The molecule has 0 radical (unpaired) electrons. The minimum absolute atomic E-state index is 0.00270. The third kappa shape index (κ3) is 4.71. The summed E-state index contributed by atoms with van der Waals surface area (Å²) >= 11 is 0. The van der Waals surface area contributed by atoms with Crippen LogP contribution in [-0.4, -0.2) is 84.6 Å². The number of nitrogens with zero attached hydrogens (tertiary/aromatic N) is 5. The van der Waals surface area contributed by atoms with Crippen molar-refractivity contribution in [3.8, 4) is 0 Å². The Kier molecular flexibility index (Phi) is 6.22. The van der Waals surface area contributed by atoms with Crippen LogP contribution < -0.4 is 11.3 Å². The summed E-state index contributed by atoms with van der Waals surface area (Å²) in [7, 11) is 1.72. The summed E-state index contributed by atoms with van der Waals surface area (Å²) in [5.74, 6) is 7.19. The Morgan fingerprint density at radius 2 is 1.96 bits per heavy atom. The number of aromatic nitrogens is 2. The highest BCUT2D eigenvalue weighted by Gasteiger charge is 2.34. The topological polar surface area (TPSA) is 83.9 Å². The predicted octanol–water partition coefficient (Wildman–Crippen LogP) is 1.08. The number of likely N-dealkylation sites (tertiary alicyclic amines) is 1. The lowest BCUT2D eigenvalue weighted by Gasteiger charge is -2.33. The van der Waals surface area contributed by atoms with Crippen molar-refractivity contribution in [1.82, 2.24) is 19.6 Å². The smallest absolute Gasteiger partial charge is 0.378 e. The van der Waals surface area contributed by atoms with Gasteiger partial charge in [0, 0.05) is 33.2 Å². The molecule has 0 bridgehead atoms. The molecule has 0 aliphatic carbocycles. The van der Waals surface area contributed by atoms with Gasteiger partial charge in [-0.1, -0.05) is 0 Å². The first-order chi connectivity index (χ1) is 12.9. The number of nitrogens with one attached hydrogen (secondary N) is 1. The van der Waals surface area contributed by atoms with Crippen molar-refractivity contribution in [1.29, 1.82) is 0 Å². The molecule has 3 N–H and O–H groups in total. The summed E-state index contributed by atoms with van der Waals surface area (Å²) in [4.78, 5) is 7.96. The summed E-state index contributed by atoms with van der Waals surface area (Å²) in [5, 5.41) is 4.47. The molecule has 0 spiro atoms. The van der Waals surface area contributed by atoms with Crippen LogP contribution in [0.1, 0.15) is 24.4 Å². The van der Waals surface area contributed by atoms with Gasteiger partial charge < -0.3 is 15.1 Å². The molecule has 11 heteroatoms. The lowest BCUT2D eigenvalue weighted by Crippen LogP contribution is -2.42. The number of anilines is 1. The molecule has 27 heavy (non-hydrogen) atoms. The van der Waals surface area contributed by atoms with Crippen LogP contribution in [0.5, 0.6) is 0 Å². The summed E-state index contributed by atoms with van der Waals surface area (Å²) in [6.07, 6.45) is -1.28. The fourth-order valence-electron chi connectivity index (χ4n) is 3.73. The Labute approximate surface area is 156 Å². The molecule has 2 fully saturated rings. The van der Waals surface area contributed by atoms with Gasteiger partial charge in [0.1, 0.15) is 11.7 Å². The maximum atomic E-state index is 12.6. The maximum absolute atomic E-state index is 12.6. The molecule has 0 aromatic carbocycles. The summed E-state index contributed by atoms with van der Waals surface area (Å²) in [5.41, 5.74) is 3.50. The van der Waals surface area contributed by atoms with E-state index in [0.717, 1.165) is 24.5 Å². The van der Waals surface area contributed by atoms with Gasteiger partial charge >= 0.3 is 6.18 Å². The van der Waals surface area contributed by atoms with Gasteiger partial charge in [-0.3, -0.25) is 9.89 Å². The number of nitrogens with two attached hydrogens (primary N) is 1. The molecule has 1 aromatic heterocycles. The van der Waals surface area contributed by atoms with Gasteiger partial charge in [-0.15, -0.1) is 0 Å². The molecule has 8 nitrogen and oxygen atoms in total. The molecule has 0 atom stereocenters. The Balaban J connectivity index is 1.73. The van der Waals surface area contributed by atoms with Crippen LogP contribution in [0.2, 0.25) is 0 Å². The molecule has 3 heterocycles. The fourth-order valence-corrected chi connectivity index (χ4v) is 3.73. The van der Waals surface area contributed by atoms with Crippen molar-refractivity contribution in [2.24, 2.45) is 10.8 Å². The molecule has 1 aromatic rings. The number of rotatable bonds is 4. The number of piperidine rings is 1. The highest BCUT2D eigenvalue weighted by atomic mass is 19.4. The third-order valence-electron chi connectivity index (χ3n) is 5.00. The van der Waals surface area contributed by atoms with E-state index in [1.807, 2.05) is 0 Å². The lowest BCUT2D eigenvalue weighted by atomic mass is 10.1. The number of aliphatic imine (C=N–C) groups is 1. The third-order valence-corrected chi connectivity index (χ3v) is 5.00. The Bertz CT molecular complexity index is 647. The lowest BCUT2D eigenvalue weighted by molar-refractivity contribution is -0.148. The highest BCUT2D eigenvalue weighted by molar-refractivity contribution is 6.02. The van der Waals surface area contributed by atoms with Gasteiger partial charge in [-0.2, -0.15) is 18.3 Å². The highest BCUT2D eigenvalue weighted by Crippen LogP contribution is 2.29. The van der Waals surface area contributed by atoms with Gasteiger partial charge in [0.15, 0.2) is 0 Å². The SMILES string of the molecule is CN=C(c1cnn(C2CCN(CC(F)(F)F)CC2)c1NN)N1CCOCC1. The number of halogens is 3. The van der Waals surface area contributed by atoms with Crippen LogP contribution in [0, 0.1) is 0 Å². The average molecular weight is 389 g/mol. The van der Waals surface area contributed by atoms with E-state index < -0.39 is 12.7 Å². The number of morpholine rings is 1. The van der Waals surface area contributed by atoms with Crippen LogP contribution >= 0.6 is 0 Å². The van der Waals surface area contributed by atoms with E-state index in [1.165, 1.54) is 4.90 Å². The first-order valence-electron chi connectivity index (χ1n) is 9.06. The quantitative estimate of drug-likeness (QED) is 0.347. The zero-order valence-electron chi connectivity index (χ0n) is 15.4. The Morgan fingerprint density at radius 3 is 2.52 bits per heavy atom. The molecule has 2 aliphatic heterocycles. The van der Waals surface area contributed by atoms with Crippen LogP contribution in [0.25, 0.3) is 0 Å². The van der Waals surface area contributed by atoms with Crippen LogP contribution in [-0.2, 0) is 4.74 Å². The number of amidine groups is 1. The van der Waals surface area contributed by atoms with Gasteiger partial charge in [0.25, 0.3) is 0 Å². The first kappa shape index (κ1) is 19.9. The Hall–Kier alpha value is -1.85. The number of alkyl halides is 3. The van der Waals surface area contributed by atoms with Crippen molar-refractivity contribution in [3.05, 3.63) is 11.8 Å². The van der Waals surface area contributed by atoms with E-state index >= 15 is 0 Å². The molecular formula is C16H26F3N7O. The second-order valence-electron chi connectivity index (χ2n) is 6.76. The number of hydrogen-bond donors (Lipinski definition) is 2. The number of ether oxygens (including phenoxy) is 1. The largest absolute Gasteiger partial charge is 0.401 e. The molecular weight excluding hydrogens is 363 g/mol. The van der Waals surface area contributed by atoms with Crippen molar-refractivity contribution in [2.45, 2.75) is 25.1 Å². The van der Waals surface area contributed by atoms with Gasteiger partial charge in [-0.25, -0.2) is 10.5 Å². The van der Waals surface area contributed by atoms with E-state index in [1.54, 1.807) is 17.9 Å².